The van der Waals surface area contributed by atoms with Crippen LogP contribution in [-0.4, -0.2) is 57.2 Å². The summed E-state index contributed by atoms with van der Waals surface area (Å²) < 4.78 is 30.6. The average molecular weight is 319 g/mol. The van der Waals surface area contributed by atoms with E-state index in [9.17, 15) is 18.0 Å². The Labute approximate surface area is 121 Å². The molecule has 0 saturated carbocycles. The van der Waals surface area contributed by atoms with Crippen molar-refractivity contribution >= 4 is 21.9 Å². The van der Waals surface area contributed by atoms with Crippen molar-refractivity contribution < 1.29 is 27.9 Å². The van der Waals surface area contributed by atoms with E-state index in [0.717, 1.165) is 12.3 Å². The molecule has 0 radical (unpaired) electrons. The number of sulfonamides is 1. The van der Waals surface area contributed by atoms with Crippen LogP contribution in [0.25, 0.3) is 0 Å². The van der Waals surface area contributed by atoms with Gasteiger partial charge in [0.15, 0.2) is 0 Å². The highest BCUT2D eigenvalue weighted by atomic mass is 32.2. The van der Waals surface area contributed by atoms with E-state index in [0.29, 0.717) is 13.2 Å². The summed E-state index contributed by atoms with van der Waals surface area (Å²) >= 11 is 0. The molecule has 118 valence electrons. The van der Waals surface area contributed by atoms with Crippen LogP contribution < -0.4 is 10.0 Å². The number of aromatic nitrogens is 1. The van der Waals surface area contributed by atoms with Crippen molar-refractivity contribution in [2.75, 3.05) is 26.8 Å². The summed E-state index contributed by atoms with van der Waals surface area (Å²) in [5, 5.41) is 11.3. The lowest BCUT2D eigenvalue weighted by Crippen LogP contribution is -2.32. The highest BCUT2D eigenvalue weighted by Crippen LogP contribution is 2.10. The highest BCUT2D eigenvalue weighted by Gasteiger charge is 2.18. The zero-order valence-electron chi connectivity index (χ0n) is 11.4. The molecule has 0 aromatic carbocycles. The van der Waals surface area contributed by atoms with Gasteiger partial charge in [-0.25, -0.2) is 17.9 Å². The number of methoxy groups -OCH3 is 1. The third kappa shape index (κ3) is 5.53. The lowest BCUT2D eigenvalue weighted by Gasteiger charge is -2.06. The van der Waals surface area contributed by atoms with Crippen molar-refractivity contribution in [1.82, 2.24) is 15.0 Å². The van der Waals surface area contributed by atoms with Gasteiger partial charge in [0, 0.05) is 32.8 Å². The topological polar surface area (TPSA) is 138 Å². The second kappa shape index (κ2) is 7.76. The summed E-state index contributed by atoms with van der Waals surface area (Å²) in [5.74, 6) is -1.57. The summed E-state index contributed by atoms with van der Waals surface area (Å²) in [6.45, 7) is 0.634. The van der Waals surface area contributed by atoms with Crippen LogP contribution in [-0.2, 0) is 19.6 Å². The predicted molar refractivity (Wildman–Crippen MR) is 72.4 cm³/mol. The van der Waals surface area contributed by atoms with Crippen molar-refractivity contribution in [3.8, 4) is 0 Å². The largest absolute Gasteiger partial charge is 0.477 e. The van der Waals surface area contributed by atoms with Crippen molar-refractivity contribution in [3.63, 3.8) is 0 Å². The number of nitrogens with one attached hydrogen (secondary N) is 3. The molecule has 1 rings (SSSR count). The molecular formula is C11H17N3O6S. The molecule has 1 heterocycles. The van der Waals surface area contributed by atoms with E-state index in [4.69, 9.17) is 9.84 Å². The summed E-state index contributed by atoms with van der Waals surface area (Å²) in [5.41, 5.74) is -0.229. The molecule has 10 heteroatoms. The van der Waals surface area contributed by atoms with Crippen molar-refractivity contribution in [3.05, 3.63) is 18.0 Å². The van der Waals surface area contributed by atoms with Crippen LogP contribution in [0.15, 0.2) is 17.2 Å². The van der Waals surface area contributed by atoms with Gasteiger partial charge >= 0.3 is 5.97 Å². The fourth-order valence-electron chi connectivity index (χ4n) is 1.42. The van der Waals surface area contributed by atoms with Crippen LogP contribution in [0.4, 0.5) is 0 Å². The Balaban J connectivity index is 2.46. The van der Waals surface area contributed by atoms with E-state index >= 15 is 0 Å². The number of aromatic carboxylic acids is 1. The van der Waals surface area contributed by atoms with E-state index in [1.165, 1.54) is 7.11 Å². The Morgan fingerprint density at radius 3 is 2.67 bits per heavy atom. The lowest BCUT2D eigenvalue weighted by atomic mass is 10.4. The van der Waals surface area contributed by atoms with Gasteiger partial charge in [-0.1, -0.05) is 0 Å². The minimum Gasteiger partial charge on any atom is -0.477 e. The quantitative estimate of drug-likeness (QED) is 0.437. The number of carboxylic acids is 1. The zero-order valence-corrected chi connectivity index (χ0v) is 12.2. The van der Waals surface area contributed by atoms with Crippen LogP contribution >= 0.6 is 0 Å². The number of hydrogen-bond acceptors (Lipinski definition) is 5. The van der Waals surface area contributed by atoms with Gasteiger partial charge < -0.3 is 20.1 Å². The Kier molecular flexibility index (Phi) is 6.34. The normalized spacial score (nSPS) is 11.3. The van der Waals surface area contributed by atoms with Gasteiger partial charge in [-0.15, -0.1) is 0 Å². The number of amides is 1. The van der Waals surface area contributed by atoms with Crippen LogP contribution in [0.3, 0.4) is 0 Å². The van der Waals surface area contributed by atoms with Gasteiger partial charge in [0.2, 0.25) is 15.9 Å². The number of carbonyl (C=O) groups is 2. The van der Waals surface area contributed by atoms with Gasteiger partial charge in [0.25, 0.3) is 0 Å². The van der Waals surface area contributed by atoms with Gasteiger partial charge in [0.05, 0.1) is 6.61 Å². The maximum absolute atomic E-state index is 11.8. The smallest absolute Gasteiger partial charge is 0.352 e. The molecule has 1 aromatic heterocycles. The molecule has 0 spiro atoms. The number of aromatic amines is 1. The van der Waals surface area contributed by atoms with Crippen molar-refractivity contribution in [2.45, 2.75) is 11.3 Å². The minimum atomic E-state index is -3.84. The first-order valence-electron chi connectivity index (χ1n) is 6.04. The second-order valence-electron chi connectivity index (χ2n) is 4.04. The second-order valence-corrected chi connectivity index (χ2v) is 5.81. The minimum absolute atomic E-state index is 0.0286. The van der Waals surface area contributed by atoms with Gasteiger partial charge in [-0.3, -0.25) is 4.79 Å². The first-order valence-corrected chi connectivity index (χ1v) is 7.52. The van der Waals surface area contributed by atoms with Crippen LogP contribution in [0.5, 0.6) is 0 Å². The molecule has 0 atom stereocenters. The number of carboxylic acid groups (broad SMARTS) is 1. The molecule has 9 nitrogen and oxygen atoms in total. The summed E-state index contributed by atoms with van der Waals surface area (Å²) in [6, 6.07) is 1.00. The number of carbonyl (C=O) groups excluding carboxylic acids is 1. The zero-order chi connectivity index (χ0) is 15.9. The number of ether oxygens (including phenoxy) is 1. The number of rotatable bonds is 9. The Bertz CT molecular complexity index is 595. The molecular weight excluding hydrogens is 302 g/mol. The fraction of sp³-hybridized carbons (Fsp3) is 0.455. The maximum Gasteiger partial charge on any atom is 0.352 e. The molecule has 0 aliphatic heterocycles. The summed E-state index contributed by atoms with van der Waals surface area (Å²) in [6.07, 6.45) is 1.05. The molecule has 1 aromatic rings. The standard InChI is InChI=1S/C11H17N3O6S/c1-20-5-4-12-10(15)2-3-14-21(18,19)8-6-9(11(16)17)13-7-8/h6-7,13-14H,2-5H2,1H3,(H,12,15)(H,16,17). The molecule has 0 unspecified atom stereocenters. The van der Waals surface area contributed by atoms with E-state index in [1.807, 2.05) is 0 Å². The first-order chi connectivity index (χ1) is 9.86. The predicted octanol–water partition coefficient (Wildman–Crippen LogP) is -0.856. The SMILES string of the molecule is COCCNC(=O)CCNS(=O)(=O)c1c[nH]c(C(=O)O)c1. The first kappa shape index (κ1) is 17.1. The third-order valence-corrected chi connectivity index (χ3v) is 3.91. The molecule has 0 aliphatic rings. The average Bonchev–Trinajstić information content (AvgIpc) is 2.89. The van der Waals surface area contributed by atoms with E-state index in [2.05, 4.69) is 15.0 Å². The molecule has 4 N–H and O–H groups in total. The van der Waals surface area contributed by atoms with Crippen molar-refractivity contribution in [2.24, 2.45) is 0 Å². The monoisotopic (exact) mass is 319 g/mol. The van der Waals surface area contributed by atoms with E-state index in [-0.39, 0.29) is 29.5 Å². The van der Waals surface area contributed by atoms with Crippen molar-refractivity contribution in [1.29, 1.82) is 0 Å². The summed E-state index contributed by atoms with van der Waals surface area (Å²) in [7, 11) is -2.34. The van der Waals surface area contributed by atoms with Gasteiger partial charge in [-0.05, 0) is 6.07 Å². The van der Waals surface area contributed by atoms with Gasteiger partial charge in [-0.2, -0.15) is 0 Å². The molecule has 1 amide bonds. The third-order valence-electron chi connectivity index (χ3n) is 2.47. The van der Waals surface area contributed by atoms with Gasteiger partial charge in [0.1, 0.15) is 10.6 Å². The van der Waals surface area contributed by atoms with Crippen LogP contribution in [0.1, 0.15) is 16.9 Å². The van der Waals surface area contributed by atoms with E-state index in [1.54, 1.807) is 0 Å². The molecule has 21 heavy (non-hydrogen) atoms. The highest BCUT2D eigenvalue weighted by molar-refractivity contribution is 7.89. The number of H-pyrrole nitrogens is 1. The Morgan fingerprint density at radius 1 is 1.38 bits per heavy atom. The summed E-state index contributed by atoms with van der Waals surface area (Å²) in [4.78, 5) is 24.1. The molecule has 0 bridgehead atoms. The number of hydrogen-bond donors (Lipinski definition) is 4. The van der Waals surface area contributed by atoms with Crippen LogP contribution in [0, 0.1) is 0 Å². The van der Waals surface area contributed by atoms with E-state index < -0.39 is 16.0 Å². The Hall–Kier alpha value is -1.91. The molecule has 0 saturated heterocycles. The lowest BCUT2D eigenvalue weighted by molar-refractivity contribution is -0.121. The fourth-order valence-corrected chi connectivity index (χ4v) is 2.44. The molecule has 0 fully saturated rings. The maximum atomic E-state index is 11.8. The molecule has 0 aliphatic carbocycles. The Morgan fingerprint density at radius 2 is 2.10 bits per heavy atom. The van der Waals surface area contributed by atoms with Crippen LogP contribution in [0.2, 0.25) is 0 Å².